The van der Waals surface area contributed by atoms with E-state index >= 15 is 0 Å². The summed E-state index contributed by atoms with van der Waals surface area (Å²) in [4.78, 5) is 13.2. The zero-order valence-corrected chi connectivity index (χ0v) is 9.78. The molecule has 1 aliphatic heterocycles. The lowest BCUT2D eigenvalue weighted by atomic mass is 10.1. The lowest BCUT2D eigenvalue weighted by molar-refractivity contribution is -0.115. The molecule has 86 valence electrons. The molecule has 1 N–H and O–H groups in total. The minimum absolute atomic E-state index is 0.0611. The van der Waals surface area contributed by atoms with Crippen LogP contribution in [0.2, 0.25) is 0 Å². The summed E-state index contributed by atoms with van der Waals surface area (Å²) >= 11 is 0. The monoisotopic (exact) mass is 220 g/mol. The van der Waals surface area contributed by atoms with E-state index in [9.17, 15) is 4.79 Å². The molecule has 1 amide bonds. The Morgan fingerprint density at radius 3 is 2.81 bits per heavy atom. The highest BCUT2D eigenvalue weighted by molar-refractivity contribution is 5.99. The minimum Gasteiger partial charge on any atom is -0.362 e. The van der Waals surface area contributed by atoms with Crippen molar-refractivity contribution in [2.75, 3.05) is 26.5 Å². The van der Waals surface area contributed by atoms with Crippen LogP contribution in [-0.2, 0) is 16.0 Å². The maximum atomic E-state index is 11.2. The maximum Gasteiger partial charge on any atom is 0.228 e. The summed E-state index contributed by atoms with van der Waals surface area (Å²) < 4.78 is 5.40. The molecule has 4 nitrogen and oxygen atoms in total. The molecule has 0 aromatic heterocycles. The first-order chi connectivity index (χ1) is 7.61. The van der Waals surface area contributed by atoms with Crippen LogP contribution in [0.1, 0.15) is 17.4 Å². The average Bonchev–Trinajstić information content (AvgIpc) is 2.57. The molecule has 0 spiro atoms. The van der Waals surface area contributed by atoms with Crippen LogP contribution in [-0.4, -0.2) is 32.0 Å². The minimum atomic E-state index is -0.0685. The van der Waals surface area contributed by atoms with E-state index in [4.69, 9.17) is 4.74 Å². The number of nitrogens with zero attached hydrogens (tertiary/aromatic N) is 1. The molecule has 4 heteroatoms. The number of amides is 1. The molecular weight excluding hydrogens is 204 g/mol. The second-order valence-electron chi connectivity index (χ2n) is 4.19. The second-order valence-corrected chi connectivity index (χ2v) is 4.19. The third-order valence-corrected chi connectivity index (χ3v) is 2.73. The SMILES string of the molecule is COC(c1ccc2c(c1)CC(=O)N2)N(C)C. The van der Waals surface area contributed by atoms with Crippen LogP contribution in [0.3, 0.4) is 0 Å². The van der Waals surface area contributed by atoms with Crippen LogP contribution in [0, 0.1) is 0 Å². The van der Waals surface area contributed by atoms with Crippen molar-refractivity contribution in [3.05, 3.63) is 29.3 Å². The van der Waals surface area contributed by atoms with Gasteiger partial charge in [-0.3, -0.25) is 9.69 Å². The second kappa shape index (κ2) is 4.23. The number of benzene rings is 1. The van der Waals surface area contributed by atoms with Crippen molar-refractivity contribution in [2.24, 2.45) is 0 Å². The molecule has 16 heavy (non-hydrogen) atoms. The van der Waals surface area contributed by atoms with Crippen LogP contribution in [0.5, 0.6) is 0 Å². The van der Waals surface area contributed by atoms with Crippen molar-refractivity contribution in [1.29, 1.82) is 0 Å². The fourth-order valence-electron chi connectivity index (χ4n) is 2.05. The van der Waals surface area contributed by atoms with Gasteiger partial charge in [0.25, 0.3) is 0 Å². The summed E-state index contributed by atoms with van der Waals surface area (Å²) in [6.45, 7) is 0. The average molecular weight is 220 g/mol. The molecule has 0 bridgehead atoms. The number of rotatable bonds is 3. The molecule has 1 heterocycles. The molecule has 0 radical (unpaired) electrons. The number of hydrogen-bond donors (Lipinski definition) is 1. The Morgan fingerprint density at radius 2 is 2.19 bits per heavy atom. The van der Waals surface area contributed by atoms with Gasteiger partial charge in [-0.1, -0.05) is 6.07 Å². The van der Waals surface area contributed by atoms with E-state index in [0.29, 0.717) is 6.42 Å². The Morgan fingerprint density at radius 1 is 1.44 bits per heavy atom. The van der Waals surface area contributed by atoms with Gasteiger partial charge in [-0.15, -0.1) is 0 Å². The van der Waals surface area contributed by atoms with E-state index in [-0.39, 0.29) is 12.1 Å². The van der Waals surface area contributed by atoms with Gasteiger partial charge in [-0.05, 0) is 37.4 Å². The number of fused-ring (bicyclic) bond motifs is 1. The van der Waals surface area contributed by atoms with E-state index in [1.807, 2.05) is 37.2 Å². The predicted molar refractivity (Wildman–Crippen MR) is 62.2 cm³/mol. The summed E-state index contributed by atoms with van der Waals surface area (Å²) in [6.07, 6.45) is 0.397. The van der Waals surface area contributed by atoms with E-state index in [0.717, 1.165) is 16.8 Å². The quantitative estimate of drug-likeness (QED) is 0.783. The van der Waals surface area contributed by atoms with Crippen molar-refractivity contribution in [3.8, 4) is 0 Å². The molecule has 2 rings (SSSR count). The third kappa shape index (κ3) is 1.94. The highest BCUT2D eigenvalue weighted by Gasteiger charge is 2.20. The van der Waals surface area contributed by atoms with E-state index < -0.39 is 0 Å². The van der Waals surface area contributed by atoms with Gasteiger partial charge in [0, 0.05) is 12.8 Å². The number of methoxy groups -OCH3 is 1. The van der Waals surface area contributed by atoms with Gasteiger partial charge in [-0.2, -0.15) is 0 Å². The first-order valence-electron chi connectivity index (χ1n) is 5.23. The Labute approximate surface area is 95.2 Å². The van der Waals surface area contributed by atoms with Crippen molar-refractivity contribution >= 4 is 11.6 Å². The molecule has 0 aliphatic carbocycles. The highest BCUT2D eigenvalue weighted by Crippen LogP contribution is 2.28. The summed E-state index contributed by atoms with van der Waals surface area (Å²) in [5.41, 5.74) is 3.04. The van der Waals surface area contributed by atoms with Gasteiger partial charge in [0.05, 0.1) is 6.42 Å². The summed E-state index contributed by atoms with van der Waals surface area (Å²) in [6, 6.07) is 5.95. The van der Waals surface area contributed by atoms with Crippen LogP contribution >= 0.6 is 0 Å². The molecule has 1 aromatic rings. The summed E-state index contributed by atoms with van der Waals surface area (Å²) in [5, 5.41) is 2.82. The Kier molecular flexibility index (Phi) is 2.94. The lowest BCUT2D eigenvalue weighted by Gasteiger charge is -2.23. The number of anilines is 1. The van der Waals surface area contributed by atoms with E-state index in [1.54, 1.807) is 7.11 Å². The van der Waals surface area contributed by atoms with Crippen LogP contribution < -0.4 is 5.32 Å². The molecule has 0 saturated heterocycles. The van der Waals surface area contributed by atoms with Gasteiger partial charge in [0.1, 0.15) is 6.23 Å². The van der Waals surface area contributed by atoms with Crippen molar-refractivity contribution in [2.45, 2.75) is 12.6 Å². The first kappa shape index (κ1) is 11.1. The summed E-state index contributed by atoms with van der Waals surface area (Å²) in [7, 11) is 5.61. The molecule has 0 fully saturated rings. The lowest BCUT2D eigenvalue weighted by Crippen LogP contribution is -2.21. The molecule has 0 saturated carbocycles. The van der Waals surface area contributed by atoms with Gasteiger partial charge in [0.2, 0.25) is 5.91 Å². The Bertz CT molecular complexity index is 415. The Hall–Kier alpha value is -1.39. The van der Waals surface area contributed by atoms with Gasteiger partial charge < -0.3 is 10.1 Å². The van der Waals surface area contributed by atoms with Crippen LogP contribution in [0.25, 0.3) is 0 Å². The Balaban J connectivity index is 2.31. The molecule has 1 atom stereocenters. The number of nitrogens with one attached hydrogen (secondary N) is 1. The fourth-order valence-corrected chi connectivity index (χ4v) is 2.05. The maximum absolute atomic E-state index is 11.2. The van der Waals surface area contributed by atoms with Crippen molar-refractivity contribution < 1.29 is 9.53 Å². The zero-order valence-electron chi connectivity index (χ0n) is 9.78. The third-order valence-electron chi connectivity index (χ3n) is 2.73. The zero-order chi connectivity index (χ0) is 11.7. The van der Waals surface area contributed by atoms with E-state index in [1.165, 1.54) is 0 Å². The fraction of sp³-hybridized carbons (Fsp3) is 0.417. The standard InChI is InChI=1S/C12H16N2O2/c1-14(2)12(16-3)8-4-5-10-9(6-8)7-11(15)13-10/h4-6,12H,7H2,1-3H3,(H,13,15). The topological polar surface area (TPSA) is 41.6 Å². The number of carbonyl (C=O) groups is 1. The highest BCUT2D eigenvalue weighted by atomic mass is 16.5. The summed E-state index contributed by atoms with van der Waals surface area (Å²) in [5.74, 6) is 0.0611. The smallest absolute Gasteiger partial charge is 0.228 e. The number of carbonyl (C=O) groups excluding carboxylic acids is 1. The van der Waals surface area contributed by atoms with Gasteiger partial charge in [0.15, 0.2) is 0 Å². The predicted octanol–water partition coefficient (Wildman–Crippen LogP) is 1.39. The van der Waals surface area contributed by atoms with Gasteiger partial charge >= 0.3 is 0 Å². The van der Waals surface area contributed by atoms with Gasteiger partial charge in [-0.25, -0.2) is 0 Å². The number of hydrogen-bond acceptors (Lipinski definition) is 3. The number of ether oxygens (including phenoxy) is 1. The van der Waals surface area contributed by atoms with E-state index in [2.05, 4.69) is 5.32 Å². The normalized spacial score (nSPS) is 16.1. The van der Waals surface area contributed by atoms with Crippen molar-refractivity contribution in [3.63, 3.8) is 0 Å². The van der Waals surface area contributed by atoms with Crippen LogP contribution in [0.15, 0.2) is 18.2 Å². The molecular formula is C12H16N2O2. The first-order valence-corrected chi connectivity index (χ1v) is 5.23. The molecule has 1 aromatic carbocycles. The molecule has 1 aliphatic rings. The largest absolute Gasteiger partial charge is 0.362 e. The van der Waals surface area contributed by atoms with Crippen LogP contribution in [0.4, 0.5) is 5.69 Å². The van der Waals surface area contributed by atoms with Crippen molar-refractivity contribution in [1.82, 2.24) is 4.90 Å². The molecule has 1 unspecified atom stereocenters.